The predicted molar refractivity (Wildman–Crippen MR) is 76.5 cm³/mol. The van der Waals surface area contributed by atoms with Crippen LogP contribution in [0.1, 0.15) is 37.6 Å². The predicted octanol–water partition coefficient (Wildman–Crippen LogP) is 3.00. The van der Waals surface area contributed by atoms with E-state index in [0.717, 1.165) is 41.5 Å². The van der Waals surface area contributed by atoms with Gasteiger partial charge in [0, 0.05) is 13.5 Å². The lowest BCUT2D eigenvalue weighted by Crippen LogP contribution is -2.24. The van der Waals surface area contributed by atoms with Crippen LogP contribution in [0.4, 0.5) is 0 Å². The number of allylic oxidation sites excluding steroid dienone is 2. The van der Waals surface area contributed by atoms with Crippen molar-refractivity contribution in [3.8, 4) is 0 Å². The number of aromatic nitrogens is 2. The molecular formula is C14H21BrN2O. The first-order valence-electron chi connectivity index (χ1n) is 6.66. The van der Waals surface area contributed by atoms with Gasteiger partial charge in [0.2, 0.25) is 0 Å². The standard InChI is InChI=1S/C14H21BrN2O/c1-3-11-14(15)12(17(2)16-11)9-13(18)10-7-5-4-6-8-10/h4-5,10,13,18H,3,6-9H2,1-2H3. The van der Waals surface area contributed by atoms with Gasteiger partial charge in [-0.15, -0.1) is 0 Å². The molecule has 1 heterocycles. The molecule has 1 aromatic heterocycles. The summed E-state index contributed by atoms with van der Waals surface area (Å²) in [7, 11) is 1.95. The van der Waals surface area contributed by atoms with Gasteiger partial charge in [0.05, 0.1) is 22.0 Å². The van der Waals surface area contributed by atoms with Gasteiger partial charge in [-0.3, -0.25) is 4.68 Å². The number of hydrogen-bond acceptors (Lipinski definition) is 2. The Balaban J connectivity index is 2.08. The van der Waals surface area contributed by atoms with Crippen molar-refractivity contribution in [2.75, 3.05) is 0 Å². The zero-order chi connectivity index (χ0) is 13.1. The van der Waals surface area contributed by atoms with Gasteiger partial charge in [0.25, 0.3) is 0 Å². The molecule has 0 amide bonds. The molecule has 0 fully saturated rings. The molecule has 4 heteroatoms. The molecule has 3 nitrogen and oxygen atoms in total. The quantitative estimate of drug-likeness (QED) is 0.868. The fraction of sp³-hybridized carbons (Fsp3) is 0.643. The molecule has 0 aromatic carbocycles. The minimum absolute atomic E-state index is 0.272. The molecule has 1 N–H and O–H groups in total. The molecule has 18 heavy (non-hydrogen) atoms. The zero-order valence-corrected chi connectivity index (χ0v) is 12.7. The topological polar surface area (TPSA) is 38.0 Å². The number of aryl methyl sites for hydroxylation is 2. The van der Waals surface area contributed by atoms with Crippen LogP contribution >= 0.6 is 15.9 Å². The maximum Gasteiger partial charge on any atom is 0.0766 e. The normalized spacial score (nSPS) is 21.2. The third kappa shape index (κ3) is 2.86. The smallest absolute Gasteiger partial charge is 0.0766 e. The van der Waals surface area contributed by atoms with Crippen LogP contribution in [0.15, 0.2) is 16.6 Å². The van der Waals surface area contributed by atoms with Crippen LogP contribution < -0.4 is 0 Å². The summed E-state index contributed by atoms with van der Waals surface area (Å²) in [5.41, 5.74) is 2.18. The Labute approximate surface area is 117 Å². The van der Waals surface area contributed by atoms with E-state index in [-0.39, 0.29) is 6.10 Å². The van der Waals surface area contributed by atoms with Crippen LogP contribution in [0.2, 0.25) is 0 Å². The molecule has 0 aliphatic heterocycles. The fourth-order valence-corrected chi connectivity index (χ4v) is 3.35. The average molecular weight is 313 g/mol. The largest absolute Gasteiger partial charge is 0.392 e. The van der Waals surface area contributed by atoms with Crippen LogP contribution in [0.3, 0.4) is 0 Å². The summed E-state index contributed by atoms with van der Waals surface area (Å²) in [6.07, 6.45) is 8.90. The van der Waals surface area contributed by atoms with E-state index in [1.54, 1.807) is 0 Å². The number of rotatable bonds is 4. The van der Waals surface area contributed by atoms with Crippen molar-refractivity contribution in [1.82, 2.24) is 9.78 Å². The van der Waals surface area contributed by atoms with Crippen LogP contribution in [0, 0.1) is 5.92 Å². The first-order valence-corrected chi connectivity index (χ1v) is 7.46. The Morgan fingerprint density at radius 1 is 1.56 bits per heavy atom. The van der Waals surface area contributed by atoms with Gasteiger partial charge in [0.15, 0.2) is 0 Å². The van der Waals surface area contributed by atoms with E-state index in [9.17, 15) is 5.11 Å². The average Bonchev–Trinajstić information content (AvgIpc) is 2.67. The number of aliphatic hydroxyl groups is 1. The number of nitrogens with zero attached hydrogens (tertiary/aromatic N) is 2. The van der Waals surface area contributed by atoms with Gasteiger partial charge in [-0.25, -0.2) is 0 Å². The lowest BCUT2D eigenvalue weighted by atomic mass is 9.87. The molecule has 0 saturated carbocycles. The molecule has 100 valence electrons. The van der Waals surface area contributed by atoms with Gasteiger partial charge in [-0.2, -0.15) is 5.10 Å². The monoisotopic (exact) mass is 312 g/mol. The van der Waals surface area contributed by atoms with Crippen LogP contribution in [-0.2, 0) is 19.9 Å². The molecule has 0 spiro atoms. The van der Waals surface area contributed by atoms with Crippen molar-refractivity contribution in [3.63, 3.8) is 0 Å². The van der Waals surface area contributed by atoms with Crippen LogP contribution in [0.25, 0.3) is 0 Å². The third-order valence-electron chi connectivity index (χ3n) is 3.76. The Bertz CT molecular complexity index is 439. The van der Waals surface area contributed by atoms with Crippen molar-refractivity contribution >= 4 is 15.9 Å². The molecule has 1 aromatic rings. The van der Waals surface area contributed by atoms with Crippen molar-refractivity contribution in [2.24, 2.45) is 13.0 Å². The molecule has 1 aliphatic rings. The summed E-state index contributed by atoms with van der Waals surface area (Å²) in [4.78, 5) is 0. The highest BCUT2D eigenvalue weighted by molar-refractivity contribution is 9.10. The summed E-state index contributed by atoms with van der Waals surface area (Å²) in [5.74, 6) is 0.391. The highest BCUT2D eigenvalue weighted by Crippen LogP contribution is 2.27. The number of hydrogen-bond donors (Lipinski definition) is 1. The van der Waals surface area contributed by atoms with E-state index >= 15 is 0 Å². The second-order valence-corrected chi connectivity index (χ2v) is 5.79. The second-order valence-electron chi connectivity index (χ2n) is 5.00. The van der Waals surface area contributed by atoms with Gasteiger partial charge in [-0.05, 0) is 47.5 Å². The highest BCUT2D eigenvalue weighted by atomic mass is 79.9. The Morgan fingerprint density at radius 2 is 2.33 bits per heavy atom. The van der Waals surface area contributed by atoms with E-state index in [0.29, 0.717) is 12.3 Å². The molecular weight excluding hydrogens is 292 g/mol. The summed E-state index contributed by atoms with van der Waals surface area (Å²) in [6, 6.07) is 0. The summed E-state index contributed by atoms with van der Waals surface area (Å²) in [5, 5.41) is 14.8. The Hall–Kier alpha value is -0.610. The van der Waals surface area contributed by atoms with E-state index in [1.807, 2.05) is 11.7 Å². The molecule has 2 unspecified atom stereocenters. The third-order valence-corrected chi connectivity index (χ3v) is 4.67. The lowest BCUT2D eigenvalue weighted by Gasteiger charge is -2.23. The van der Waals surface area contributed by atoms with E-state index in [2.05, 4.69) is 40.1 Å². The molecule has 0 radical (unpaired) electrons. The van der Waals surface area contributed by atoms with Gasteiger partial charge in [-0.1, -0.05) is 19.1 Å². The SMILES string of the molecule is CCc1nn(C)c(CC(O)C2CC=CCC2)c1Br. The molecule has 1 aliphatic carbocycles. The number of aliphatic hydroxyl groups excluding tert-OH is 1. The van der Waals surface area contributed by atoms with Crippen molar-refractivity contribution in [3.05, 3.63) is 28.0 Å². The Morgan fingerprint density at radius 3 is 2.89 bits per heavy atom. The molecule has 2 atom stereocenters. The zero-order valence-electron chi connectivity index (χ0n) is 11.1. The maximum absolute atomic E-state index is 10.4. The minimum Gasteiger partial charge on any atom is -0.392 e. The van der Waals surface area contributed by atoms with E-state index in [1.165, 1.54) is 0 Å². The van der Waals surface area contributed by atoms with Crippen LogP contribution in [-0.4, -0.2) is 21.0 Å². The summed E-state index contributed by atoms with van der Waals surface area (Å²) < 4.78 is 2.96. The van der Waals surface area contributed by atoms with E-state index < -0.39 is 0 Å². The van der Waals surface area contributed by atoms with Gasteiger partial charge in [0.1, 0.15) is 0 Å². The second kappa shape index (κ2) is 6.02. The molecule has 0 saturated heterocycles. The summed E-state index contributed by atoms with van der Waals surface area (Å²) >= 11 is 3.61. The van der Waals surface area contributed by atoms with E-state index in [4.69, 9.17) is 0 Å². The first kappa shape index (κ1) is 13.8. The maximum atomic E-state index is 10.4. The van der Waals surface area contributed by atoms with Crippen molar-refractivity contribution in [2.45, 2.75) is 45.1 Å². The molecule has 0 bridgehead atoms. The molecule has 2 rings (SSSR count). The minimum atomic E-state index is -0.272. The van der Waals surface area contributed by atoms with Crippen LogP contribution in [0.5, 0.6) is 0 Å². The fourth-order valence-electron chi connectivity index (χ4n) is 2.57. The summed E-state index contributed by atoms with van der Waals surface area (Å²) in [6.45, 7) is 2.10. The highest BCUT2D eigenvalue weighted by Gasteiger charge is 2.23. The lowest BCUT2D eigenvalue weighted by molar-refractivity contribution is 0.100. The van der Waals surface area contributed by atoms with Crippen molar-refractivity contribution in [1.29, 1.82) is 0 Å². The first-order chi connectivity index (χ1) is 8.63. The Kier molecular flexibility index (Phi) is 4.62. The number of halogens is 1. The van der Waals surface area contributed by atoms with Gasteiger partial charge < -0.3 is 5.11 Å². The van der Waals surface area contributed by atoms with Gasteiger partial charge >= 0.3 is 0 Å². The van der Waals surface area contributed by atoms with Crippen molar-refractivity contribution < 1.29 is 5.11 Å².